The summed E-state index contributed by atoms with van der Waals surface area (Å²) in [7, 11) is 1.79. The van der Waals surface area contributed by atoms with Crippen LogP contribution in [-0.4, -0.2) is 49.6 Å². The minimum absolute atomic E-state index is 0.00712. The van der Waals surface area contributed by atoms with Gasteiger partial charge in [-0.1, -0.05) is 12.8 Å². The molecule has 0 aromatic rings. The van der Waals surface area contributed by atoms with Crippen LogP contribution < -0.4 is 5.32 Å². The number of amides is 2. The molecule has 0 aromatic carbocycles. The highest BCUT2D eigenvalue weighted by Crippen LogP contribution is 2.36. The highest BCUT2D eigenvalue weighted by molar-refractivity contribution is 5.73. The molecule has 2 rings (SSSR count). The SMILES string of the molecule is CCN(C)C(=O)NCC1COC2(CCCCCC2)O1. The van der Waals surface area contributed by atoms with Crippen molar-refractivity contribution in [2.45, 2.75) is 57.3 Å². The zero-order valence-corrected chi connectivity index (χ0v) is 12.1. The van der Waals surface area contributed by atoms with Crippen LogP contribution in [0.4, 0.5) is 4.79 Å². The molecule has 1 atom stereocenters. The zero-order valence-electron chi connectivity index (χ0n) is 12.1. The van der Waals surface area contributed by atoms with Gasteiger partial charge in [-0.2, -0.15) is 0 Å². The third kappa shape index (κ3) is 3.83. The van der Waals surface area contributed by atoms with Gasteiger partial charge < -0.3 is 19.7 Å². The Kier molecular flexibility index (Phi) is 5.05. The van der Waals surface area contributed by atoms with E-state index in [2.05, 4.69) is 5.32 Å². The Bertz CT molecular complexity index is 301. The van der Waals surface area contributed by atoms with E-state index in [9.17, 15) is 4.79 Å². The van der Waals surface area contributed by atoms with Crippen molar-refractivity contribution in [1.29, 1.82) is 0 Å². The fraction of sp³-hybridized carbons (Fsp3) is 0.929. The number of carbonyl (C=O) groups excluding carboxylic acids is 1. The van der Waals surface area contributed by atoms with Crippen molar-refractivity contribution < 1.29 is 14.3 Å². The third-order valence-electron chi connectivity index (χ3n) is 4.08. The summed E-state index contributed by atoms with van der Waals surface area (Å²) >= 11 is 0. The van der Waals surface area contributed by atoms with Crippen molar-refractivity contribution in [2.24, 2.45) is 0 Å². The number of hydrogen-bond donors (Lipinski definition) is 1. The molecule has 1 unspecified atom stereocenters. The van der Waals surface area contributed by atoms with Gasteiger partial charge in [-0.3, -0.25) is 0 Å². The molecule has 1 saturated heterocycles. The minimum atomic E-state index is -0.359. The van der Waals surface area contributed by atoms with E-state index in [1.54, 1.807) is 11.9 Å². The summed E-state index contributed by atoms with van der Waals surface area (Å²) in [6.45, 7) is 3.79. The lowest BCUT2D eigenvalue weighted by Crippen LogP contribution is -2.42. The van der Waals surface area contributed by atoms with E-state index in [0.717, 1.165) is 12.8 Å². The highest BCUT2D eigenvalue weighted by atomic mass is 16.7. The molecule has 1 saturated carbocycles. The van der Waals surface area contributed by atoms with Gasteiger partial charge in [0, 0.05) is 33.0 Å². The summed E-state index contributed by atoms with van der Waals surface area (Å²) in [5, 5.41) is 2.89. The highest BCUT2D eigenvalue weighted by Gasteiger charge is 2.41. The fourth-order valence-electron chi connectivity index (χ4n) is 2.73. The third-order valence-corrected chi connectivity index (χ3v) is 4.08. The molecule has 1 N–H and O–H groups in total. The van der Waals surface area contributed by atoms with E-state index in [0.29, 0.717) is 19.7 Å². The lowest BCUT2D eigenvalue weighted by molar-refractivity contribution is -0.175. The predicted octanol–water partition coefficient (Wildman–Crippen LogP) is 2.11. The van der Waals surface area contributed by atoms with Crippen molar-refractivity contribution in [3.63, 3.8) is 0 Å². The van der Waals surface area contributed by atoms with E-state index in [1.807, 2.05) is 6.92 Å². The molecule has 2 aliphatic rings. The number of rotatable bonds is 3. The van der Waals surface area contributed by atoms with Crippen LogP contribution in [0.1, 0.15) is 45.4 Å². The molecule has 0 aromatic heterocycles. The number of urea groups is 1. The summed E-state index contributed by atoms with van der Waals surface area (Å²) in [5.41, 5.74) is 0. The van der Waals surface area contributed by atoms with Gasteiger partial charge in [-0.25, -0.2) is 4.79 Å². The van der Waals surface area contributed by atoms with E-state index in [4.69, 9.17) is 9.47 Å². The van der Waals surface area contributed by atoms with Crippen molar-refractivity contribution >= 4 is 6.03 Å². The normalized spacial score (nSPS) is 26.1. The molecule has 2 fully saturated rings. The van der Waals surface area contributed by atoms with Gasteiger partial charge in [0.2, 0.25) is 0 Å². The van der Waals surface area contributed by atoms with Crippen molar-refractivity contribution in [3.8, 4) is 0 Å². The standard InChI is InChI=1S/C14H26N2O3/c1-3-16(2)13(17)15-10-12-11-18-14(19-12)8-6-4-5-7-9-14/h12H,3-11H2,1-2H3,(H,15,17). The predicted molar refractivity (Wildman–Crippen MR) is 73.0 cm³/mol. The van der Waals surface area contributed by atoms with Crippen LogP contribution in [0.5, 0.6) is 0 Å². The van der Waals surface area contributed by atoms with Gasteiger partial charge in [0.1, 0.15) is 6.10 Å². The molecule has 19 heavy (non-hydrogen) atoms. The fourth-order valence-corrected chi connectivity index (χ4v) is 2.73. The molecular formula is C14H26N2O3. The second-order valence-electron chi connectivity index (χ2n) is 5.58. The first-order valence-corrected chi connectivity index (χ1v) is 7.46. The number of hydrogen-bond acceptors (Lipinski definition) is 3. The van der Waals surface area contributed by atoms with Gasteiger partial charge >= 0.3 is 6.03 Å². The van der Waals surface area contributed by atoms with Crippen molar-refractivity contribution in [2.75, 3.05) is 26.7 Å². The van der Waals surface area contributed by atoms with Gasteiger partial charge in [-0.05, 0) is 19.8 Å². The second-order valence-corrected chi connectivity index (χ2v) is 5.58. The molecule has 5 nitrogen and oxygen atoms in total. The van der Waals surface area contributed by atoms with Gasteiger partial charge in [-0.15, -0.1) is 0 Å². The Morgan fingerprint density at radius 2 is 2.00 bits per heavy atom. The number of ether oxygens (including phenoxy) is 2. The smallest absolute Gasteiger partial charge is 0.317 e. The van der Waals surface area contributed by atoms with Gasteiger partial charge in [0.25, 0.3) is 0 Å². The maximum absolute atomic E-state index is 11.7. The Morgan fingerprint density at radius 1 is 1.32 bits per heavy atom. The van der Waals surface area contributed by atoms with Crippen LogP contribution in [0.15, 0.2) is 0 Å². The Morgan fingerprint density at radius 3 is 2.63 bits per heavy atom. The van der Waals surface area contributed by atoms with Crippen LogP contribution in [-0.2, 0) is 9.47 Å². The number of nitrogens with zero attached hydrogens (tertiary/aromatic N) is 1. The lowest BCUT2D eigenvalue weighted by atomic mass is 10.1. The average molecular weight is 270 g/mol. The maximum atomic E-state index is 11.7. The summed E-state index contributed by atoms with van der Waals surface area (Å²) in [6, 6.07) is -0.0482. The minimum Gasteiger partial charge on any atom is -0.347 e. The first-order chi connectivity index (χ1) is 9.15. The quantitative estimate of drug-likeness (QED) is 0.854. The van der Waals surface area contributed by atoms with Crippen molar-refractivity contribution in [1.82, 2.24) is 10.2 Å². The molecule has 1 aliphatic carbocycles. The van der Waals surface area contributed by atoms with Crippen LogP contribution >= 0.6 is 0 Å². The van der Waals surface area contributed by atoms with Crippen LogP contribution in [0.25, 0.3) is 0 Å². The molecule has 5 heteroatoms. The van der Waals surface area contributed by atoms with Crippen molar-refractivity contribution in [3.05, 3.63) is 0 Å². The molecular weight excluding hydrogens is 244 g/mol. The Balaban J connectivity index is 1.77. The summed E-state index contributed by atoms with van der Waals surface area (Å²) in [6.07, 6.45) is 6.88. The van der Waals surface area contributed by atoms with E-state index in [1.165, 1.54) is 25.7 Å². The monoisotopic (exact) mass is 270 g/mol. The summed E-state index contributed by atoms with van der Waals surface area (Å²) in [5.74, 6) is -0.359. The topological polar surface area (TPSA) is 50.8 Å². The largest absolute Gasteiger partial charge is 0.347 e. The molecule has 1 spiro atoms. The summed E-state index contributed by atoms with van der Waals surface area (Å²) < 4.78 is 12.0. The van der Waals surface area contributed by atoms with Gasteiger partial charge in [0.05, 0.1) is 6.61 Å². The summed E-state index contributed by atoms with van der Waals surface area (Å²) in [4.78, 5) is 13.3. The van der Waals surface area contributed by atoms with Crippen LogP contribution in [0, 0.1) is 0 Å². The van der Waals surface area contributed by atoms with Gasteiger partial charge in [0.15, 0.2) is 5.79 Å². The van der Waals surface area contributed by atoms with E-state index >= 15 is 0 Å². The molecule has 1 heterocycles. The average Bonchev–Trinajstić information content (AvgIpc) is 2.67. The van der Waals surface area contributed by atoms with E-state index < -0.39 is 0 Å². The first-order valence-electron chi connectivity index (χ1n) is 7.46. The molecule has 2 amide bonds. The molecule has 1 aliphatic heterocycles. The second kappa shape index (κ2) is 6.57. The molecule has 110 valence electrons. The first kappa shape index (κ1) is 14.6. The van der Waals surface area contributed by atoms with E-state index in [-0.39, 0.29) is 17.9 Å². The molecule has 0 radical (unpaired) electrons. The zero-order chi connectivity index (χ0) is 13.7. The van der Waals surface area contributed by atoms with Crippen LogP contribution in [0.3, 0.4) is 0 Å². The van der Waals surface area contributed by atoms with Crippen LogP contribution in [0.2, 0.25) is 0 Å². The molecule has 0 bridgehead atoms. The number of carbonyl (C=O) groups is 1. The lowest BCUT2D eigenvalue weighted by Gasteiger charge is -2.26. The number of nitrogens with one attached hydrogen (secondary N) is 1. The Hall–Kier alpha value is -0.810. The maximum Gasteiger partial charge on any atom is 0.317 e. The Labute approximate surface area is 115 Å².